The molecular formula is C15H17NO2. The fraction of sp³-hybridized carbons (Fsp3) is 0.400. The molecule has 2 N–H and O–H groups in total. The van der Waals surface area contributed by atoms with Crippen molar-refractivity contribution in [1.29, 1.82) is 0 Å². The van der Waals surface area contributed by atoms with E-state index in [2.05, 4.69) is 31.0 Å². The lowest BCUT2D eigenvalue weighted by molar-refractivity contribution is 0.0946. The minimum Gasteiger partial charge on any atom is -0.384 e. The number of carbonyl (C=O) groups excluding carboxylic acids is 1. The SMILES string of the molecule is CC1(C)CC1NC(=O)c1ccc(C#CCO)cc1. The molecule has 3 heteroatoms. The minimum absolute atomic E-state index is 0.0350. The van der Waals surface area contributed by atoms with Gasteiger partial charge in [-0.25, -0.2) is 0 Å². The van der Waals surface area contributed by atoms with Crippen LogP contribution in [0.15, 0.2) is 24.3 Å². The number of hydrogen-bond donors (Lipinski definition) is 2. The van der Waals surface area contributed by atoms with E-state index in [0.717, 1.165) is 12.0 Å². The number of nitrogens with one attached hydrogen (secondary N) is 1. The van der Waals surface area contributed by atoms with Crippen LogP contribution >= 0.6 is 0 Å². The van der Waals surface area contributed by atoms with Crippen molar-refractivity contribution in [3.05, 3.63) is 35.4 Å². The molecule has 0 spiro atoms. The van der Waals surface area contributed by atoms with Crippen LogP contribution in [-0.2, 0) is 0 Å². The molecule has 1 fully saturated rings. The van der Waals surface area contributed by atoms with Gasteiger partial charge in [-0.05, 0) is 36.1 Å². The van der Waals surface area contributed by atoms with Gasteiger partial charge in [-0.1, -0.05) is 25.7 Å². The average molecular weight is 243 g/mol. The van der Waals surface area contributed by atoms with E-state index in [1.54, 1.807) is 24.3 Å². The predicted molar refractivity (Wildman–Crippen MR) is 70.1 cm³/mol. The zero-order valence-corrected chi connectivity index (χ0v) is 10.7. The Balaban J connectivity index is 1.99. The van der Waals surface area contributed by atoms with Crippen LogP contribution in [-0.4, -0.2) is 23.7 Å². The maximum atomic E-state index is 11.9. The molecule has 0 heterocycles. The second-order valence-electron chi connectivity index (χ2n) is 5.26. The Bertz CT molecular complexity index is 506. The number of benzene rings is 1. The molecule has 18 heavy (non-hydrogen) atoms. The normalized spacial score (nSPS) is 19.6. The van der Waals surface area contributed by atoms with Gasteiger partial charge in [0.1, 0.15) is 6.61 Å². The molecule has 2 rings (SSSR count). The van der Waals surface area contributed by atoms with Crippen molar-refractivity contribution in [2.75, 3.05) is 6.61 Å². The van der Waals surface area contributed by atoms with E-state index in [-0.39, 0.29) is 17.9 Å². The summed E-state index contributed by atoms with van der Waals surface area (Å²) in [7, 11) is 0. The van der Waals surface area contributed by atoms with E-state index >= 15 is 0 Å². The van der Waals surface area contributed by atoms with Crippen molar-refractivity contribution in [1.82, 2.24) is 5.32 Å². The van der Waals surface area contributed by atoms with Crippen LogP contribution in [0.1, 0.15) is 36.2 Å². The van der Waals surface area contributed by atoms with Gasteiger partial charge in [0.05, 0.1) is 0 Å². The monoisotopic (exact) mass is 243 g/mol. The number of carbonyl (C=O) groups is 1. The van der Waals surface area contributed by atoms with Gasteiger partial charge < -0.3 is 10.4 Å². The van der Waals surface area contributed by atoms with Crippen LogP contribution < -0.4 is 5.32 Å². The smallest absolute Gasteiger partial charge is 0.251 e. The Morgan fingerprint density at radius 1 is 1.44 bits per heavy atom. The molecule has 0 bridgehead atoms. The van der Waals surface area contributed by atoms with Gasteiger partial charge in [0.2, 0.25) is 0 Å². The molecule has 1 aliphatic carbocycles. The summed E-state index contributed by atoms with van der Waals surface area (Å²) in [6.45, 7) is 4.13. The lowest BCUT2D eigenvalue weighted by atomic mass is 10.1. The molecule has 1 atom stereocenters. The summed E-state index contributed by atoms with van der Waals surface area (Å²) in [6, 6.07) is 7.38. The van der Waals surface area contributed by atoms with Crippen molar-refractivity contribution in [3.8, 4) is 11.8 Å². The highest BCUT2D eigenvalue weighted by molar-refractivity contribution is 5.94. The molecule has 0 radical (unpaired) electrons. The minimum atomic E-state index is -0.154. The van der Waals surface area contributed by atoms with Crippen LogP contribution in [0.2, 0.25) is 0 Å². The van der Waals surface area contributed by atoms with Crippen LogP contribution in [0, 0.1) is 17.3 Å². The summed E-state index contributed by atoms with van der Waals surface area (Å²) in [4.78, 5) is 11.9. The lowest BCUT2D eigenvalue weighted by Crippen LogP contribution is -2.28. The van der Waals surface area contributed by atoms with E-state index in [1.807, 2.05) is 0 Å². The highest BCUT2D eigenvalue weighted by Crippen LogP contribution is 2.44. The summed E-state index contributed by atoms with van der Waals surface area (Å²) < 4.78 is 0. The molecular weight excluding hydrogens is 226 g/mol. The van der Waals surface area contributed by atoms with Crippen molar-refractivity contribution < 1.29 is 9.90 Å². The molecule has 0 aliphatic heterocycles. The van der Waals surface area contributed by atoms with Gasteiger partial charge in [-0.2, -0.15) is 0 Å². The molecule has 1 saturated carbocycles. The van der Waals surface area contributed by atoms with Gasteiger partial charge in [0, 0.05) is 17.2 Å². The molecule has 94 valence electrons. The summed E-state index contributed by atoms with van der Waals surface area (Å²) in [6.07, 6.45) is 1.04. The number of amides is 1. The number of aliphatic hydroxyl groups excluding tert-OH is 1. The molecule has 1 aromatic rings. The molecule has 1 aromatic carbocycles. The second-order valence-corrected chi connectivity index (χ2v) is 5.26. The highest BCUT2D eigenvalue weighted by atomic mass is 16.2. The zero-order chi connectivity index (χ0) is 13.2. The fourth-order valence-electron chi connectivity index (χ4n) is 1.80. The number of rotatable bonds is 2. The van der Waals surface area contributed by atoms with Gasteiger partial charge in [0.25, 0.3) is 5.91 Å². The van der Waals surface area contributed by atoms with Crippen LogP contribution in [0.3, 0.4) is 0 Å². The maximum Gasteiger partial charge on any atom is 0.251 e. The van der Waals surface area contributed by atoms with Crippen LogP contribution in [0.25, 0.3) is 0 Å². The van der Waals surface area contributed by atoms with Gasteiger partial charge in [0.15, 0.2) is 0 Å². The van der Waals surface area contributed by atoms with Gasteiger partial charge in [-0.3, -0.25) is 4.79 Å². The average Bonchev–Trinajstić information content (AvgIpc) is 2.94. The van der Waals surface area contributed by atoms with Crippen molar-refractivity contribution in [2.45, 2.75) is 26.3 Å². The quantitative estimate of drug-likeness (QED) is 0.774. The second kappa shape index (κ2) is 4.83. The third-order valence-electron chi connectivity index (χ3n) is 3.28. The highest BCUT2D eigenvalue weighted by Gasteiger charge is 2.46. The Labute approximate surface area is 107 Å². The predicted octanol–water partition coefficient (Wildman–Crippen LogP) is 1.56. The van der Waals surface area contributed by atoms with Gasteiger partial charge >= 0.3 is 0 Å². The van der Waals surface area contributed by atoms with E-state index < -0.39 is 0 Å². The molecule has 1 unspecified atom stereocenters. The first-order valence-electron chi connectivity index (χ1n) is 6.03. The first kappa shape index (κ1) is 12.7. The lowest BCUT2D eigenvalue weighted by Gasteiger charge is -2.06. The number of hydrogen-bond acceptors (Lipinski definition) is 2. The zero-order valence-electron chi connectivity index (χ0n) is 10.7. The Morgan fingerprint density at radius 2 is 2.06 bits per heavy atom. The first-order valence-corrected chi connectivity index (χ1v) is 6.03. The molecule has 3 nitrogen and oxygen atoms in total. The molecule has 1 amide bonds. The Morgan fingerprint density at radius 3 is 2.56 bits per heavy atom. The Kier molecular flexibility index (Phi) is 3.40. The third kappa shape index (κ3) is 2.91. The van der Waals surface area contributed by atoms with Crippen molar-refractivity contribution in [3.63, 3.8) is 0 Å². The summed E-state index contributed by atoms with van der Waals surface area (Å²) in [5.74, 6) is 5.33. The first-order chi connectivity index (χ1) is 8.53. The van der Waals surface area contributed by atoms with Crippen LogP contribution in [0.4, 0.5) is 0 Å². The summed E-state index contributed by atoms with van der Waals surface area (Å²) >= 11 is 0. The Hall–Kier alpha value is -1.79. The van der Waals surface area contributed by atoms with E-state index in [1.165, 1.54) is 0 Å². The molecule has 0 saturated heterocycles. The van der Waals surface area contributed by atoms with Crippen LogP contribution in [0.5, 0.6) is 0 Å². The standard InChI is InChI=1S/C15H17NO2/c1-15(2)10-13(15)16-14(18)12-7-5-11(6-8-12)4-3-9-17/h5-8,13,17H,9-10H2,1-2H3,(H,16,18). The summed E-state index contributed by atoms with van der Waals surface area (Å²) in [5, 5.41) is 11.6. The molecule has 0 aromatic heterocycles. The van der Waals surface area contributed by atoms with E-state index in [0.29, 0.717) is 11.6 Å². The number of aliphatic hydroxyl groups is 1. The molecule has 1 aliphatic rings. The van der Waals surface area contributed by atoms with E-state index in [9.17, 15) is 4.79 Å². The largest absolute Gasteiger partial charge is 0.384 e. The fourth-order valence-corrected chi connectivity index (χ4v) is 1.80. The maximum absolute atomic E-state index is 11.9. The third-order valence-corrected chi connectivity index (χ3v) is 3.28. The van der Waals surface area contributed by atoms with Gasteiger partial charge in [-0.15, -0.1) is 0 Å². The van der Waals surface area contributed by atoms with Crippen molar-refractivity contribution in [2.24, 2.45) is 5.41 Å². The summed E-state index contributed by atoms with van der Waals surface area (Å²) in [5.41, 5.74) is 1.68. The topological polar surface area (TPSA) is 49.3 Å². The van der Waals surface area contributed by atoms with Crippen molar-refractivity contribution >= 4 is 5.91 Å². The van der Waals surface area contributed by atoms with E-state index in [4.69, 9.17) is 5.11 Å².